The fourth-order valence-electron chi connectivity index (χ4n) is 2.61. The van der Waals surface area contributed by atoms with E-state index in [9.17, 15) is 19.2 Å². The molecule has 1 aliphatic rings. The van der Waals surface area contributed by atoms with Crippen LogP contribution in [-0.4, -0.2) is 35.3 Å². The van der Waals surface area contributed by atoms with Crippen molar-refractivity contribution in [2.24, 2.45) is 0 Å². The van der Waals surface area contributed by atoms with Crippen LogP contribution < -0.4 is 5.32 Å². The van der Waals surface area contributed by atoms with Crippen molar-refractivity contribution >= 4 is 29.8 Å². The zero-order valence-electron chi connectivity index (χ0n) is 14.5. The number of nitrogens with one attached hydrogen (secondary N) is 1. The minimum atomic E-state index is -0.856. The molecule has 136 valence electrons. The number of hydrogen-bond acceptors (Lipinski definition) is 5. The van der Waals surface area contributed by atoms with E-state index in [1.165, 1.54) is 25.1 Å². The molecule has 0 aromatic heterocycles. The molecule has 0 saturated heterocycles. The highest BCUT2D eigenvalue weighted by Gasteiger charge is 2.36. The zero-order valence-corrected chi connectivity index (χ0v) is 14.5. The van der Waals surface area contributed by atoms with Gasteiger partial charge in [-0.25, -0.2) is 9.69 Å². The maximum atomic E-state index is 12.4. The predicted octanol–water partition coefficient (Wildman–Crippen LogP) is 1.96. The summed E-state index contributed by atoms with van der Waals surface area (Å²) in [6, 6.07) is 15.2. The Morgan fingerprint density at radius 3 is 2.07 bits per heavy atom. The SMILES string of the molecule is CC(=O)NC(=Cc1ccccc1)C(=O)OCN1C(=O)c2ccccc2C1=O. The second kappa shape index (κ2) is 7.65. The van der Waals surface area contributed by atoms with Crippen LogP contribution in [0.1, 0.15) is 33.2 Å². The molecule has 7 nitrogen and oxygen atoms in total. The number of fused-ring (bicyclic) bond motifs is 1. The molecule has 3 amide bonds. The summed E-state index contributed by atoms with van der Waals surface area (Å²) in [7, 11) is 0. The van der Waals surface area contributed by atoms with Crippen molar-refractivity contribution in [1.29, 1.82) is 0 Å². The standard InChI is InChI=1S/C20H16N2O5/c1-13(23)21-17(11-14-7-3-2-4-8-14)20(26)27-12-22-18(24)15-9-5-6-10-16(15)19(22)25/h2-11H,12H2,1H3,(H,21,23). The second-order valence-corrected chi connectivity index (χ2v) is 5.79. The number of carbonyl (C=O) groups excluding carboxylic acids is 4. The molecule has 0 saturated carbocycles. The largest absolute Gasteiger partial charge is 0.439 e. The highest BCUT2D eigenvalue weighted by molar-refractivity contribution is 6.21. The summed E-state index contributed by atoms with van der Waals surface area (Å²) in [6.07, 6.45) is 1.45. The van der Waals surface area contributed by atoms with Crippen molar-refractivity contribution in [2.45, 2.75) is 6.92 Å². The number of nitrogens with zero attached hydrogens (tertiary/aromatic N) is 1. The van der Waals surface area contributed by atoms with Crippen LogP contribution in [0.5, 0.6) is 0 Å². The van der Waals surface area contributed by atoms with Crippen LogP contribution >= 0.6 is 0 Å². The van der Waals surface area contributed by atoms with Crippen LogP contribution in [0.2, 0.25) is 0 Å². The third kappa shape index (κ3) is 3.92. The number of benzene rings is 2. The summed E-state index contributed by atoms with van der Waals surface area (Å²) in [5.74, 6) is -2.37. The molecule has 2 aromatic carbocycles. The lowest BCUT2D eigenvalue weighted by Gasteiger charge is -2.15. The van der Waals surface area contributed by atoms with E-state index in [0.717, 1.165) is 4.90 Å². The van der Waals surface area contributed by atoms with E-state index < -0.39 is 30.4 Å². The lowest BCUT2D eigenvalue weighted by atomic mass is 10.1. The van der Waals surface area contributed by atoms with Gasteiger partial charge in [0.05, 0.1) is 11.1 Å². The number of amides is 3. The molecular weight excluding hydrogens is 348 g/mol. The minimum Gasteiger partial charge on any atom is -0.439 e. The summed E-state index contributed by atoms with van der Waals surface area (Å²) in [6.45, 7) is 0.715. The van der Waals surface area contributed by atoms with Crippen molar-refractivity contribution < 1.29 is 23.9 Å². The fraction of sp³-hybridized carbons (Fsp3) is 0.100. The average molecular weight is 364 g/mol. The monoisotopic (exact) mass is 364 g/mol. The highest BCUT2D eigenvalue weighted by Crippen LogP contribution is 2.22. The van der Waals surface area contributed by atoms with Gasteiger partial charge in [0, 0.05) is 6.92 Å². The summed E-state index contributed by atoms with van der Waals surface area (Å²) in [5.41, 5.74) is 1.12. The van der Waals surface area contributed by atoms with Gasteiger partial charge in [0.15, 0.2) is 6.73 Å². The topological polar surface area (TPSA) is 92.8 Å². The van der Waals surface area contributed by atoms with Gasteiger partial charge in [0.25, 0.3) is 11.8 Å². The van der Waals surface area contributed by atoms with Crippen LogP contribution in [0.15, 0.2) is 60.3 Å². The third-order valence-corrected chi connectivity index (χ3v) is 3.84. The lowest BCUT2D eigenvalue weighted by Crippen LogP contribution is -2.35. The number of esters is 1. The molecule has 0 atom stereocenters. The van der Waals surface area contributed by atoms with Crippen LogP contribution in [-0.2, 0) is 14.3 Å². The van der Waals surface area contributed by atoms with E-state index >= 15 is 0 Å². The minimum absolute atomic E-state index is 0.0923. The Balaban J connectivity index is 1.73. The molecule has 3 rings (SSSR count). The van der Waals surface area contributed by atoms with Gasteiger partial charge in [-0.3, -0.25) is 14.4 Å². The first-order valence-electron chi connectivity index (χ1n) is 8.14. The van der Waals surface area contributed by atoms with E-state index in [1.807, 2.05) is 6.07 Å². The molecular formula is C20H16N2O5. The summed E-state index contributed by atoms with van der Waals surface area (Å²) >= 11 is 0. The van der Waals surface area contributed by atoms with E-state index in [-0.39, 0.29) is 16.8 Å². The Hall–Kier alpha value is -3.74. The van der Waals surface area contributed by atoms with Crippen LogP contribution in [0.4, 0.5) is 0 Å². The van der Waals surface area contributed by atoms with Gasteiger partial charge in [0.2, 0.25) is 5.91 Å². The number of imide groups is 1. The average Bonchev–Trinajstić information content (AvgIpc) is 2.90. The van der Waals surface area contributed by atoms with Crippen molar-refractivity contribution in [3.8, 4) is 0 Å². The lowest BCUT2D eigenvalue weighted by molar-refractivity contribution is -0.142. The van der Waals surface area contributed by atoms with Gasteiger partial charge in [0.1, 0.15) is 5.70 Å². The highest BCUT2D eigenvalue weighted by atomic mass is 16.5. The Morgan fingerprint density at radius 2 is 1.52 bits per heavy atom. The van der Waals surface area contributed by atoms with Gasteiger partial charge in [-0.15, -0.1) is 0 Å². The van der Waals surface area contributed by atoms with Gasteiger partial charge in [-0.1, -0.05) is 42.5 Å². The Morgan fingerprint density at radius 1 is 0.963 bits per heavy atom. The molecule has 0 fully saturated rings. The fourth-order valence-corrected chi connectivity index (χ4v) is 2.61. The Kier molecular flexibility index (Phi) is 5.12. The number of rotatable bonds is 5. The third-order valence-electron chi connectivity index (χ3n) is 3.84. The van der Waals surface area contributed by atoms with Gasteiger partial charge in [-0.2, -0.15) is 0 Å². The summed E-state index contributed by atoms with van der Waals surface area (Å²) in [4.78, 5) is 49.2. The van der Waals surface area contributed by atoms with Gasteiger partial charge in [-0.05, 0) is 23.8 Å². The second-order valence-electron chi connectivity index (χ2n) is 5.79. The molecule has 0 aliphatic carbocycles. The molecule has 0 radical (unpaired) electrons. The van der Waals surface area contributed by atoms with Crippen LogP contribution in [0.25, 0.3) is 6.08 Å². The van der Waals surface area contributed by atoms with Crippen molar-refractivity contribution in [3.05, 3.63) is 77.0 Å². The molecule has 0 spiro atoms. The van der Waals surface area contributed by atoms with Gasteiger partial charge >= 0.3 is 5.97 Å². The van der Waals surface area contributed by atoms with Crippen molar-refractivity contribution in [1.82, 2.24) is 10.2 Å². The smallest absolute Gasteiger partial charge is 0.356 e. The molecule has 7 heteroatoms. The van der Waals surface area contributed by atoms with E-state index in [1.54, 1.807) is 36.4 Å². The predicted molar refractivity (Wildman–Crippen MR) is 96.1 cm³/mol. The molecule has 1 N–H and O–H groups in total. The first kappa shape index (κ1) is 18.1. The first-order valence-corrected chi connectivity index (χ1v) is 8.14. The molecule has 27 heavy (non-hydrogen) atoms. The van der Waals surface area contributed by atoms with Crippen LogP contribution in [0, 0.1) is 0 Å². The van der Waals surface area contributed by atoms with E-state index in [0.29, 0.717) is 5.56 Å². The normalized spacial score (nSPS) is 13.4. The molecule has 2 aromatic rings. The van der Waals surface area contributed by atoms with E-state index in [4.69, 9.17) is 4.74 Å². The van der Waals surface area contributed by atoms with E-state index in [2.05, 4.69) is 5.32 Å². The maximum absolute atomic E-state index is 12.4. The first-order chi connectivity index (χ1) is 13.0. The van der Waals surface area contributed by atoms with Crippen molar-refractivity contribution in [3.63, 3.8) is 0 Å². The van der Waals surface area contributed by atoms with Gasteiger partial charge < -0.3 is 10.1 Å². The number of ether oxygens (including phenoxy) is 1. The maximum Gasteiger partial charge on any atom is 0.356 e. The Labute approximate surface area is 155 Å². The molecule has 1 heterocycles. The number of carbonyl (C=O) groups is 4. The van der Waals surface area contributed by atoms with Crippen LogP contribution in [0.3, 0.4) is 0 Å². The molecule has 0 bridgehead atoms. The zero-order chi connectivity index (χ0) is 19.4. The molecule has 1 aliphatic heterocycles. The summed E-state index contributed by atoms with van der Waals surface area (Å²) in [5, 5.41) is 2.40. The molecule has 0 unspecified atom stereocenters. The van der Waals surface area contributed by atoms with Crippen molar-refractivity contribution in [2.75, 3.05) is 6.73 Å². The quantitative estimate of drug-likeness (QED) is 0.497. The Bertz CT molecular complexity index is 915. The number of hydrogen-bond donors (Lipinski definition) is 1. The summed E-state index contributed by atoms with van der Waals surface area (Å²) < 4.78 is 5.10.